The second-order valence-corrected chi connectivity index (χ2v) is 11.4. The predicted octanol–water partition coefficient (Wildman–Crippen LogP) is 8.59. The summed E-state index contributed by atoms with van der Waals surface area (Å²) in [4.78, 5) is 21.9. The lowest BCUT2D eigenvalue weighted by Crippen LogP contribution is -2.18. The summed E-state index contributed by atoms with van der Waals surface area (Å²) in [6, 6.07) is 31.3. The molecular formula is C32H27N3O3S2. The summed E-state index contributed by atoms with van der Waals surface area (Å²) in [5.74, 6) is 1.53. The fourth-order valence-corrected chi connectivity index (χ4v) is 6.14. The average molecular weight is 566 g/mol. The fourth-order valence-electron chi connectivity index (χ4n) is 4.47. The van der Waals surface area contributed by atoms with Gasteiger partial charge in [-0.2, -0.15) is 0 Å². The maximum Gasteiger partial charge on any atom is 0.279 e. The maximum atomic E-state index is 10.5. The summed E-state index contributed by atoms with van der Waals surface area (Å²) in [7, 11) is 0. The van der Waals surface area contributed by atoms with Crippen LogP contribution in [0.1, 0.15) is 28.8 Å². The third kappa shape index (κ3) is 6.54. The largest absolute Gasteiger partial charge is 0.431 e. The number of carbonyl (C=O) groups excluding carboxylic acids is 1. The first-order chi connectivity index (χ1) is 19.7. The van der Waals surface area contributed by atoms with Gasteiger partial charge in [0.05, 0.1) is 20.4 Å². The van der Waals surface area contributed by atoms with Gasteiger partial charge >= 0.3 is 0 Å². The molecular weight excluding hydrogens is 539 g/mol. The standard InChI is InChI=1S/C18H18N2OS.C14H9NO2S/c1-2-6-17-16(5-1)19-18(22-17)21-15-9-7-14(8-10-15)13-20-11-3-4-12-20;16-9-10-5-7-11(8-6-10)17-14-15-12-3-1-2-4-13(12)18-14/h1-2,5-10H,3-4,11-13H2;1-9H. The van der Waals surface area contributed by atoms with Crippen molar-refractivity contribution in [2.75, 3.05) is 13.1 Å². The Balaban J connectivity index is 0.000000148. The zero-order valence-corrected chi connectivity index (χ0v) is 23.4. The Labute approximate surface area is 240 Å². The lowest BCUT2D eigenvalue weighted by atomic mass is 10.2. The van der Waals surface area contributed by atoms with E-state index in [0.717, 1.165) is 39.0 Å². The van der Waals surface area contributed by atoms with Gasteiger partial charge in [0, 0.05) is 12.1 Å². The molecule has 0 bridgehead atoms. The number of ether oxygens (including phenoxy) is 2. The van der Waals surface area contributed by atoms with E-state index in [9.17, 15) is 4.79 Å². The number of thiazole rings is 2. The first-order valence-electron chi connectivity index (χ1n) is 13.2. The highest BCUT2D eigenvalue weighted by molar-refractivity contribution is 7.20. The van der Waals surface area contributed by atoms with E-state index >= 15 is 0 Å². The first-order valence-corrected chi connectivity index (χ1v) is 14.8. The second kappa shape index (κ2) is 12.4. The molecule has 0 spiro atoms. The van der Waals surface area contributed by atoms with Crippen LogP contribution in [0.3, 0.4) is 0 Å². The van der Waals surface area contributed by atoms with Crippen LogP contribution in [0.4, 0.5) is 0 Å². The molecule has 1 aliphatic rings. The molecule has 0 radical (unpaired) electrons. The number of aldehydes is 1. The van der Waals surface area contributed by atoms with Gasteiger partial charge in [0.1, 0.15) is 17.8 Å². The Bertz CT molecular complexity index is 1640. The van der Waals surface area contributed by atoms with Gasteiger partial charge in [-0.05, 0) is 92.2 Å². The van der Waals surface area contributed by atoms with Crippen LogP contribution in [0.2, 0.25) is 0 Å². The molecule has 0 N–H and O–H groups in total. The van der Waals surface area contributed by atoms with E-state index < -0.39 is 0 Å². The molecule has 0 atom stereocenters. The van der Waals surface area contributed by atoms with Crippen LogP contribution in [0.25, 0.3) is 20.4 Å². The number of benzene rings is 4. The van der Waals surface area contributed by atoms with E-state index in [2.05, 4.69) is 33.1 Å². The van der Waals surface area contributed by atoms with Crippen molar-refractivity contribution in [2.45, 2.75) is 19.4 Å². The Hall–Kier alpha value is -4.11. The quantitative estimate of drug-likeness (QED) is 0.181. The van der Waals surface area contributed by atoms with Gasteiger partial charge in [0.15, 0.2) is 0 Å². The second-order valence-electron chi connectivity index (χ2n) is 9.41. The van der Waals surface area contributed by atoms with Gasteiger partial charge in [-0.15, -0.1) is 0 Å². The number of fused-ring (bicyclic) bond motifs is 2. The van der Waals surface area contributed by atoms with Gasteiger partial charge in [0.2, 0.25) is 0 Å². The molecule has 40 heavy (non-hydrogen) atoms. The Morgan fingerprint density at radius 2 is 1.18 bits per heavy atom. The van der Waals surface area contributed by atoms with Gasteiger partial charge in [-0.3, -0.25) is 9.69 Å². The summed E-state index contributed by atoms with van der Waals surface area (Å²) in [5.41, 5.74) is 3.90. The molecule has 7 rings (SSSR count). The van der Waals surface area contributed by atoms with Crippen LogP contribution < -0.4 is 9.47 Å². The number of likely N-dealkylation sites (tertiary alicyclic amines) is 1. The van der Waals surface area contributed by atoms with Crippen molar-refractivity contribution in [1.82, 2.24) is 14.9 Å². The average Bonchev–Trinajstić information content (AvgIpc) is 3.74. The van der Waals surface area contributed by atoms with E-state index in [1.54, 1.807) is 35.6 Å². The molecule has 1 aliphatic heterocycles. The molecule has 0 aliphatic carbocycles. The summed E-state index contributed by atoms with van der Waals surface area (Å²) >= 11 is 3.08. The molecule has 6 aromatic rings. The van der Waals surface area contributed by atoms with Crippen molar-refractivity contribution in [3.63, 3.8) is 0 Å². The number of carbonyl (C=O) groups is 1. The van der Waals surface area contributed by atoms with Crippen molar-refractivity contribution in [2.24, 2.45) is 0 Å². The Morgan fingerprint density at radius 3 is 1.68 bits per heavy atom. The van der Waals surface area contributed by atoms with Crippen LogP contribution in [0.15, 0.2) is 97.1 Å². The number of aromatic nitrogens is 2. The molecule has 0 amide bonds. The minimum absolute atomic E-state index is 0.607. The van der Waals surface area contributed by atoms with Crippen molar-refractivity contribution < 1.29 is 14.3 Å². The summed E-state index contributed by atoms with van der Waals surface area (Å²) in [6.45, 7) is 3.50. The van der Waals surface area contributed by atoms with E-state index in [4.69, 9.17) is 9.47 Å². The maximum absolute atomic E-state index is 10.5. The van der Waals surface area contributed by atoms with Crippen LogP contribution in [-0.4, -0.2) is 34.2 Å². The SMILES string of the molecule is O=Cc1ccc(Oc2nc3ccccc3s2)cc1.c1ccc2sc(Oc3ccc(CN4CCCC4)cc3)nc2c1. The zero-order chi connectivity index (χ0) is 27.1. The predicted molar refractivity (Wildman–Crippen MR) is 162 cm³/mol. The molecule has 3 heterocycles. The molecule has 2 aromatic heterocycles. The third-order valence-corrected chi connectivity index (χ3v) is 8.33. The van der Waals surface area contributed by atoms with Crippen LogP contribution in [-0.2, 0) is 6.54 Å². The molecule has 200 valence electrons. The molecule has 1 fully saturated rings. The monoisotopic (exact) mass is 565 g/mol. The first kappa shape index (κ1) is 26.1. The van der Waals surface area contributed by atoms with E-state index in [-0.39, 0.29) is 0 Å². The van der Waals surface area contributed by atoms with Crippen molar-refractivity contribution >= 4 is 49.4 Å². The Kier molecular flexibility index (Phi) is 8.09. The van der Waals surface area contributed by atoms with E-state index in [1.807, 2.05) is 54.6 Å². The fraction of sp³-hybridized carbons (Fsp3) is 0.156. The van der Waals surface area contributed by atoms with Crippen molar-refractivity contribution in [3.05, 3.63) is 108 Å². The molecule has 6 nitrogen and oxygen atoms in total. The highest BCUT2D eigenvalue weighted by atomic mass is 32.1. The Morgan fingerprint density at radius 1 is 0.675 bits per heavy atom. The van der Waals surface area contributed by atoms with Crippen LogP contribution >= 0.6 is 22.7 Å². The normalized spacial score (nSPS) is 13.2. The summed E-state index contributed by atoms with van der Waals surface area (Å²) in [6.07, 6.45) is 3.47. The summed E-state index contributed by atoms with van der Waals surface area (Å²) < 4.78 is 13.8. The van der Waals surface area contributed by atoms with E-state index in [1.165, 1.54) is 42.8 Å². The highest BCUT2D eigenvalue weighted by Gasteiger charge is 2.12. The van der Waals surface area contributed by atoms with Gasteiger partial charge < -0.3 is 9.47 Å². The number of rotatable bonds is 7. The smallest absolute Gasteiger partial charge is 0.279 e. The molecule has 0 unspecified atom stereocenters. The summed E-state index contributed by atoms with van der Waals surface area (Å²) in [5, 5.41) is 1.31. The zero-order valence-electron chi connectivity index (χ0n) is 21.7. The number of para-hydroxylation sites is 2. The van der Waals surface area contributed by atoms with Gasteiger partial charge in [-0.1, -0.05) is 59.1 Å². The molecule has 4 aromatic carbocycles. The van der Waals surface area contributed by atoms with Crippen molar-refractivity contribution in [3.8, 4) is 21.9 Å². The van der Waals surface area contributed by atoms with Crippen LogP contribution in [0.5, 0.6) is 21.9 Å². The minimum Gasteiger partial charge on any atom is -0.431 e. The lowest BCUT2D eigenvalue weighted by molar-refractivity contribution is 0.112. The number of hydrogen-bond acceptors (Lipinski definition) is 8. The topological polar surface area (TPSA) is 64.6 Å². The van der Waals surface area contributed by atoms with Gasteiger partial charge in [-0.25, -0.2) is 9.97 Å². The third-order valence-electron chi connectivity index (χ3n) is 6.50. The number of nitrogens with zero attached hydrogens (tertiary/aromatic N) is 3. The minimum atomic E-state index is 0.607. The van der Waals surface area contributed by atoms with Gasteiger partial charge in [0.25, 0.3) is 10.4 Å². The molecule has 8 heteroatoms. The van der Waals surface area contributed by atoms with Crippen LogP contribution in [0, 0.1) is 0 Å². The van der Waals surface area contributed by atoms with Crippen molar-refractivity contribution in [1.29, 1.82) is 0 Å². The molecule has 1 saturated heterocycles. The van der Waals surface area contributed by atoms with E-state index in [0.29, 0.717) is 21.7 Å². The lowest BCUT2D eigenvalue weighted by Gasteiger charge is -2.14. The molecule has 0 saturated carbocycles. The number of hydrogen-bond donors (Lipinski definition) is 0. The highest BCUT2D eigenvalue weighted by Crippen LogP contribution is 2.32.